The molecule has 120 valence electrons. The molecule has 1 aliphatic heterocycles. The topological polar surface area (TPSA) is 50.4 Å². The highest BCUT2D eigenvalue weighted by atomic mass is 16.5. The van der Waals surface area contributed by atoms with Crippen molar-refractivity contribution in [1.29, 1.82) is 0 Å². The maximum atomic E-state index is 12.1. The van der Waals surface area contributed by atoms with Gasteiger partial charge in [0.15, 0.2) is 0 Å². The number of rotatable bonds is 5. The summed E-state index contributed by atoms with van der Waals surface area (Å²) in [7, 11) is 0. The van der Waals surface area contributed by atoms with Crippen LogP contribution < -0.4 is 15.4 Å². The fourth-order valence-electron chi connectivity index (χ4n) is 2.75. The molecule has 3 rings (SSSR count). The molecule has 1 atom stereocenters. The molecule has 4 heteroatoms. The van der Waals surface area contributed by atoms with Gasteiger partial charge in [-0.1, -0.05) is 36.4 Å². The molecule has 1 amide bonds. The summed E-state index contributed by atoms with van der Waals surface area (Å²) in [5, 5.41) is 6.21. The Morgan fingerprint density at radius 1 is 1.17 bits per heavy atom. The van der Waals surface area contributed by atoms with Gasteiger partial charge in [-0.3, -0.25) is 4.79 Å². The minimum Gasteiger partial charge on any atom is -0.457 e. The number of benzene rings is 2. The molecular weight excluding hydrogens is 288 g/mol. The first-order valence-corrected chi connectivity index (χ1v) is 8.06. The van der Waals surface area contributed by atoms with E-state index >= 15 is 0 Å². The van der Waals surface area contributed by atoms with Gasteiger partial charge in [-0.2, -0.15) is 0 Å². The molecule has 1 fully saturated rings. The summed E-state index contributed by atoms with van der Waals surface area (Å²) in [6.45, 7) is 3.41. The molecule has 2 aromatic carbocycles. The zero-order valence-corrected chi connectivity index (χ0v) is 13.3. The van der Waals surface area contributed by atoms with Crippen LogP contribution in [0, 0.1) is 6.92 Å². The Morgan fingerprint density at radius 3 is 2.65 bits per heavy atom. The maximum Gasteiger partial charge on any atom is 0.237 e. The van der Waals surface area contributed by atoms with Gasteiger partial charge in [0.1, 0.15) is 11.5 Å². The number of aryl methyl sites for hydroxylation is 1. The lowest BCUT2D eigenvalue weighted by molar-refractivity contribution is -0.122. The number of hydrogen-bond donors (Lipinski definition) is 2. The third-order valence-corrected chi connectivity index (χ3v) is 4.12. The summed E-state index contributed by atoms with van der Waals surface area (Å²) in [6.07, 6.45) is 1.97. The highest BCUT2D eigenvalue weighted by Gasteiger charge is 2.21. The van der Waals surface area contributed by atoms with E-state index in [9.17, 15) is 4.79 Å². The van der Waals surface area contributed by atoms with Crippen molar-refractivity contribution in [1.82, 2.24) is 10.6 Å². The van der Waals surface area contributed by atoms with E-state index < -0.39 is 0 Å². The van der Waals surface area contributed by atoms with Crippen LogP contribution in [0.3, 0.4) is 0 Å². The van der Waals surface area contributed by atoms with E-state index in [1.54, 1.807) is 0 Å². The van der Waals surface area contributed by atoms with E-state index in [0.29, 0.717) is 6.54 Å². The van der Waals surface area contributed by atoms with E-state index in [1.807, 2.05) is 55.5 Å². The largest absolute Gasteiger partial charge is 0.457 e. The molecule has 0 radical (unpaired) electrons. The molecule has 1 heterocycles. The zero-order valence-electron chi connectivity index (χ0n) is 13.3. The van der Waals surface area contributed by atoms with Gasteiger partial charge in [0, 0.05) is 12.1 Å². The Labute approximate surface area is 136 Å². The van der Waals surface area contributed by atoms with Crippen LogP contribution in [-0.2, 0) is 11.3 Å². The molecule has 2 N–H and O–H groups in total. The van der Waals surface area contributed by atoms with E-state index in [-0.39, 0.29) is 11.9 Å². The van der Waals surface area contributed by atoms with E-state index in [1.165, 1.54) is 0 Å². The van der Waals surface area contributed by atoms with Gasteiger partial charge < -0.3 is 15.4 Å². The van der Waals surface area contributed by atoms with Gasteiger partial charge in [-0.05, 0) is 44.0 Å². The minimum absolute atomic E-state index is 0.0561. The fourth-order valence-corrected chi connectivity index (χ4v) is 2.75. The molecule has 0 bridgehead atoms. The molecule has 1 saturated heterocycles. The lowest BCUT2D eigenvalue weighted by Gasteiger charge is -2.15. The predicted molar refractivity (Wildman–Crippen MR) is 90.6 cm³/mol. The summed E-state index contributed by atoms with van der Waals surface area (Å²) in [5.41, 5.74) is 2.06. The summed E-state index contributed by atoms with van der Waals surface area (Å²) < 4.78 is 6.03. The standard InChI is InChI=1S/C19H22N2O2/c1-14-7-2-4-10-17(14)23-18-11-5-3-8-15(18)13-21-19(22)16-9-6-12-20-16/h2-5,7-8,10-11,16,20H,6,9,12-13H2,1H3,(H,21,22). The SMILES string of the molecule is Cc1ccccc1Oc1ccccc1CNC(=O)C1CCCN1. The van der Waals surface area contributed by atoms with Gasteiger partial charge in [0.2, 0.25) is 5.91 Å². The fraction of sp³-hybridized carbons (Fsp3) is 0.316. The van der Waals surface area contributed by atoms with Gasteiger partial charge in [0.05, 0.1) is 6.04 Å². The van der Waals surface area contributed by atoms with Crippen molar-refractivity contribution in [3.63, 3.8) is 0 Å². The molecule has 0 aliphatic carbocycles. The Hall–Kier alpha value is -2.33. The smallest absolute Gasteiger partial charge is 0.237 e. The van der Waals surface area contributed by atoms with Crippen LogP contribution in [0.4, 0.5) is 0 Å². The number of amides is 1. The average Bonchev–Trinajstić information content (AvgIpc) is 3.10. The van der Waals surface area contributed by atoms with Crippen LogP contribution in [0.1, 0.15) is 24.0 Å². The first-order valence-electron chi connectivity index (χ1n) is 8.06. The quantitative estimate of drug-likeness (QED) is 0.892. The van der Waals surface area contributed by atoms with E-state index in [4.69, 9.17) is 4.74 Å². The molecule has 0 saturated carbocycles. The zero-order chi connectivity index (χ0) is 16.1. The summed E-state index contributed by atoms with van der Waals surface area (Å²) in [5.74, 6) is 1.68. The van der Waals surface area contributed by atoms with Crippen molar-refractivity contribution in [3.05, 3.63) is 59.7 Å². The molecule has 0 spiro atoms. The van der Waals surface area contributed by atoms with E-state index in [2.05, 4.69) is 10.6 Å². The number of nitrogens with one attached hydrogen (secondary N) is 2. The number of ether oxygens (including phenoxy) is 1. The van der Waals surface area contributed by atoms with Crippen LogP contribution in [-0.4, -0.2) is 18.5 Å². The molecule has 4 nitrogen and oxygen atoms in total. The van der Waals surface area contributed by atoms with Crippen molar-refractivity contribution in [2.45, 2.75) is 32.4 Å². The van der Waals surface area contributed by atoms with Crippen LogP contribution >= 0.6 is 0 Å². The van der Waals surface area contributed by atoms with Crippen molar-refractivity contribution < 1.29 is 9.53 Å². The normalized spacial score (nSPS) is 17.0. The summed E-state index contributed by atoms with van der Waals surface area (Å²) in [6, 6.07) is 15.7. The lowest BCUT2D eigenvalue weighted by atomic mass is 10.1. The second-order valence-corrected chi connectivity index (χ2v) is 5.84. The Balaban J connectivity index is 1.68. The molecule has 1 unspecified atom stereocenters. The average molecular weight is 310 g/mol. The number of para-hydroxylation sites is 2. The van der Waals surface area contributed by atoms with Crippen molar-refractivity contribution in [3.8, 4) is 11.5 Å². The second kappa shape index (κ2) is 7.29. The van der Waals surface area contributed by atoms with Crippen LogP contribution in [0.2, 0.25) is 0 Å². The molecular formula is C19H22N2O2. The molecule has 2 aromatic rings. The third-order valence-electron chi connectivity index (χ3n) is 4.12. The number of carbonyl (C=O) groups is 1. The first kappa shape index (κ1) is 15.6. The van der Waals surface area contributed by atoms with Crippen LogP contribution in [0.15, 0.2) is 48.5 Å². The third kappa shape index (κ3) is 3.90. The highest BCUT2D eigenvalue weighted by Crippen LogP contribution is 2.27. The van der Waals surface area contributed by atoms with Gasteiger partial charge in [-0.15, -0.1) is 0 Å². The maximum absolute atomic E-state index is 12.1. The predicted octanol–water partition coefficient (Wildman–Crippen LogP) is 3.16. The Kier molecular flexibility index (Phi) is 4.93. The van der Waals surface area contributed by atoms with Crippen molar-refractivity contribution >= 4 is 5.91 Å². The molecule has 23 heavy (non-hydrogen) atoms. The second-order valence-electron chi connectivity index (χ2n) is 5.84. The Bertz CT molecular complexity index is 679. The van der Waals surface area contributed by atoms with Crippen LogP contribution in [0.25, 0.3) is 0 Å². The number of carbonyl (C=O) groups excluding carboxylic acids is 1. The first-order chi connectivity index (χ1) is 11.2. The van der Waals surface area contributed by atoms with Gasteiger partial charge in [0.25, 0.3) is 0 Å². The molecule has 1 aliphatic rings. The van der Waals surface area contributed by atoms with E-state index in [0.717, 1.165) is 42.0 Å². The lowest BCUT2D eigenvalue weighted by Crippen LogP contribution is -2.40. The Morgan fingerprint density at radius 2 is 1.91 bits per heavy atom. The minimum atomic E-state index is -0.0561. The summed E-state index contributed by atoms with van der Waals surface area (Å²) in [4.78, 5) is 12.1. The summed E-state index contributed by atoms with van der Waals surface area (Å²) >= 11 is 0. The molecule has 0 aromatic heterocycles. The van der Waals surface area contributed by atoms with Crippen molar-refractivity contribution in [2.24, 2.45) is 0 Å². The van der Waals surface area contributed by atoms with Crippen LogP contribution in [0.5, 0.6) is 11.5 Å². The monoisotopic (exact) mass is 310 g/mol. The highest BCUT2D eigenvalue weighted by molar-refractivity contribution is 5.82. The number of hydrogen-bond acceptors (Lipinski definition) is 3. The van der Waals surface area contributed by atoms with Gasteiger partial charge in [-0.25, -0.2) is 0 Å². The van der Waals surface area contributed by atoms with Crippen molar-refractivity contribution in [2.75, 3.05) is 6.54 Å². The van der Waals surface area contributed by atoms with Gasteiger partial charge >= 0.3 is 0 Å².